The van der Waals surface area contributed by atoms with Crippen LogP contribution in [-0.4, -0.2) is 23.2 Å². The zero-order chi connectivity index (χ0) is 21.1. The number of aromatic nitrogens is 2. The smallest absolute Gasteiger partial charge is 0.259 e. The van der Waals surface area contributed by atoms with E-state index < -0.39 is 0 Å². The molecular formula is C24H21N3O3. The van der Waals surface area contributed by atoms with E-state index in [-0.39, 0.29) is 11.8 Å². The maximum absolute atomic E-state index is 13.0. The van der Waals surface area contributed by atoms with Gasteiger partial charge in [-0.3, -0.25) is 4.79 Å². The van der Waals surface area contributed by atoms with Gasteiger partial charge in [-0.25, -0.2) is 0 Å². The highest BCUT2D eigenvalue weighted by atomic mass is 16.5. The lowest BCUT2D eigenvalue weighted by Gasteiger charge is -2.10. The van der Waals surface area contributed by atoms with Crippen LogP contribution in [0.3, 0.4) is 0 Å². The van der Waals surface area contributed by atoms with Gasteiger partial charge in [-0.15, -0.1) is 0 Å². The van der Waals surface area contributed by atoms with Crippen LogP contribution in [0.1, 0.15) is 21.5 Å². The Bertz CT molecular complexity index is 1200. The number of hydrogen-bond acceptors (Lipinski definition) is 5. The van der Waals surface area contributed by atoms with E-state index in [1.54, 1.807) is 25.3 Å². The number of carbonyl (C=O) groups excluding carboxylic acids is 1. The summed E-state index contributed by atoms with van der Waals surface area (Å²) in [6.07, 6.45) is 0. The van der Waals surface area contributed by atoms with Crippen molar-refractivity contribution in [1.29, 1.82) is 0 Å². The van der Waals surface area contributed by atoms with E-state index in [2.05, 4.69) is 15.5 Å². The van der Waals surface area contributed by atoms with Gasteiger partial charge in [-0.05, 0) is 61.9 Å². The summed E-state index contributed by atoms with van der Waals surface area (Å²) in [6, 6.07) is 20.4. The summed E-state index contributed by atoms with van der Waals surface area (Å²) in [4.78, 5) is 17.5. The van der Waals surface area contributed by atoms with Crippen LogP contribution < -0.4 is 10.1 Å². The summed E-state index contributed by atoms with van der Waals surface area (Å²) in [5.74, 6) is 1.24. The van der Waals surface area contributed by atoms with Crippen molar-refractivity contribution in [2.75, 3.05) is 12.4 Å². The minimum atomic E-state index is -0.234. The molecule has 150 valence electrons. The minimum absolute atomic E-state index is 0.234. The quantitative estimate of drug-likeness (QED) is 0.494. The van der Waals surface area contributed by atoms with Crippen molar-refractivity contribution < 1.29 is 14.1 Å². The summed E-state index contributed by atoms with van der Waals surface area (Å²) >= 11 is 0. The lowest BCUT2D eigenvalue weighted by molar-refractivity contribution is 0.102. The Hall–Kier alpha value is -3.93. The van der Waals surface area contributed by atoms with Crippen molar-refractivity contribution in [3.63, 3.8) is 0 Å². The largest absolute Gasteiger partial charge is 0.497 e. The third-order valence-electron chi connectivity index (χ3n) is 4.81. The van der Waals surface area contributed by atoms with E-state index >= 15 is 0 Å². The topological polar surface area (TPSA) is 77.2 Å². The van der Waals surface area contributed by atoms with Crippen LogP contribution >= 0.6 is 0 Å². The fourth-order valence-electron chi connectivity index (χ4n) is 3.20. The molecule has 0 bridgehead atoms. The lowest BCUT2D eigenvalue weighted by Crippen LogP contribution is -2.14. The van der Waals surface area contributed by atoms with Gasteiger partial charge in [-0.2, -0.15) is 4.98 Å². The molecule has 0 aliphatic heterocycles. The molecule has 6 heteroatoms. The molecule has 0 unspecified atom stereocenters. The first-order valence-corrected chi connectivity index (χ1v) is 9.51. The lowest BCUT2D eigenvalue weighted by atomic mass is 10.1. The van der Waals surface area contributed by atoms with Crippen molar-refractivity contribution in [3.05, 3.63) is 83.4 Å². The molecule has 3 aromatic carbocycles. The Labute approximate surface area is 174 Å². The second-order valence-corrected chi connectivity index (χ2v) is 6.97. The predicted octanol–water partition coefficient (Wildman–Crippen LogP) is 5.28. The standard InChI is InChI=1S/C24H21N3O3/c1-15-8-13-21(16(2)14-15)25-23(28)19-6-4-5-7-20(19)24-26-22(27-30-24)17-9-11-18(29-3)12-10-17/h4-14H,1-3H3,(H,25,28). The minimum Gasteiger partial charge on any atom is -0.497 e. The fraction of sp³-hybridized carbons (Fsp3) is 0.125. The number of amides is 1. The second kappa shape index (κ2) is 8.21. The van der Waals surface area contributed by atoms with Gasteiger partial charge in [0.2, 0.25) is 5.82 Å². The summed E-state index contributed by atoms with van der Waals surface area (Å²) in [7, 11) is 1.61. The normalized spacial score (nSPS) is 10.6. The number of anilines is 1. The van der Waals surface area contributed by atoms with Crippen LogP contribution in [-0.2, 0) is 0 Å². The van der Waals surface area contributed by atoms with Gasteiger partial charge < -0.3 is 14.6 Å². The van der Waals surface area contributed by atoms with Gasteiger partial charge in [0.1, 0.15) is 5.75 Å². The number of methoxy groups -OCH3 is 1. The Kier molecular flexibility index (Phi) is 5.30. The summed E-state index contributed by atoms with van der Waals surface area (Å²) < 4.78 is 10.6. The number of nitrogens with zero attached hydrogens (tertiary/aromatic N) is 2. The van der Waals surface area contributed by atoms with Crippen LogP contribution in [0.4, 0.5) is 5.69 Å². The van der Waals surface area contributed by atoms with Crippen LogP contribution in [0.25, 0.3) is 22.8 Å². The summed E-state index contributed by atoms with van der Waals surface area (Å²) in [5, 5.41) is 7.04. The van der Waals surface area contributed by atoms with Crippen molar-refractivity contribution in [1.82, 2.24) is 10.1 Å². The van der Waals surface area contributed by atoms with Crippen molar-refractivity contribution in [2.45, 2.75) is 13.8 Å². The zero-order valence-corrected chi connectivity index (χ0v) is 17.0. The van der Waals surface area contributed by atoms with Crippen molar-refractivity contribution in [3.8, 4) is 28.6 Å². The number of rotatable bonds is 5. The van der Waals surface area contributed by atoms with Crippen molar-refractivity contribution >= 4 is 11.6 Å². The molecule has 0 aliphatic rings. The van der Waals surface area contributed by atoms with E-state index in [9.17, 15) is 4.79 Å². The first-order valence-electron chi connectivity index (χ1n) is 9.51. The molecular weight excluding hydrogens is 378 g/mol. The fourth-order valence-corrected chi connectivity index (χ4v) is 3.20. The molecule has 0 saturated carbocycles. The number of aryl methyl sites for hydroxylation is 2. The highest BCUT2D eigenvalue weighted by Crippen LogP contribution is 2.27. The van der Waals surface area contributed by atoms with Crippen LogP contribution in [0.15, 0.2) is 71.3 Å². The van der Waals surface area contributed by atoms with Gasteiger partial charge in [0.05, 0.1) is 18.2 Å². The highest BCUT2D eigenvalue weighted by Gasteiger charge is 2.18. The average molecular weight is 399 g/mol. The van der Waals surface area contributed by atoms with Crippen LogP contribution in [0.2, 0.25) is 0 Å². The van der Waals surface area contributed by atoms with E-state index in [0.717, 1.165) is 28.1 Å². The predicted molar refractivity (Wildman–Crippen MR) is 116 cm³/mol. The third kappa shape index (κ3) is 3.93. The first kappa shape index (κ1) is 19.4. The maximum Gasteiger partial charge on any atom is 0.259 e. The van der Waals surface area contributed by atoms with E-state index in [0.29, 0.717) is 17.0 Å². The molecule has 30 heavy (non-hydrogen) atoms. The maximum atomic E-state index is 13.0. The van der Waals surface area contributed by atoms with Gasteiger partial charge in [0.25, 0.3) is 11.8 Å². The summed E-state index contributed by atoms with van der Waals surface area (Å²) in [5.41, 5.74) is 4.74. The molecule has 0 aliphatic carbocycles. The molecule has 0 spiro atoms. The molecule has 4 aromatic rings. The molecule has 0 radical (unpaired) electrons. The Morgan fingerprint density at radius 2 is 1.77 bits per heavy atom. The molecule has 1 amide bonds. The molecule has 6 nitrogen and oxygen atoms in total. The number of carbonyl (C=O) groups is 1. The molecule has 1 N–H and O–H groups in total. The number of hydrogen-bond donors (Lipinski definition) is 1. The molecule has 0 saturated heterocycles. The Balaban J connectivity index is 1.63. The molecule has 4 rings (SSSR count). The Morgan fingerprint density at radius 1 is 1.00 bits per heavy atom. The summed E-state index contributed by atoms with van der Waals surface area (Å²) in [6.45, 7) is 3.98. The van der Waals surface area contributed by atoms with Gasteiger partial charge >= 0.3 is 0 Å². The average Bonchev–Trinajstić information content (AvgIpc) is 3.26. The number of benzene rings is 3. The van der Waals surface area contributed by atoms with Gasteiger partial charge in [-0.1, -0.05) is 35.0 Å². The molecule has 1 heterocycles. The van der Waals surface area contributed by atoms with E-state index in [4.69, 9.17) is 9.26 Å². The van der Waals surface area contributed by atoms with Crippen molar-refractivity contribution in [2.24, 2.45) is 0 Å². The number of ether oxygens (including phenoxy) is 1. The zero-order valence-electron chi connectivity index (χ0n) is 17.0. The SMILES string of the molecule is COc1ccc(-c2noc(-c3ccccc3C(=O)Nc3ccc(C)cc3C)n2)cc1. The third-order valence-corrected chi connectivity index (χ3v) is 4.81. The Morgan fingerprint density at radius 3 is 2.50 bits per heavy atom. The van der Waals surface area contributed by atoms with Crippen LogP contribution in [0.5, 0.6) is 5.75 Å². The monoisotopic (exact) mass is 399 g/mol. The van der Waals surface area contributed by atoms with Crippen LogP contribution in [0, 0.1) is 13.8 Å². The van der Waals surface area contributed by atoms with E-state index in [1.807, 2.05) is 62.4 Å². The van der Waals surface area contributed by atoms with Gasteiger partial charge in [0, 0.05) is 11.3 Å². The molecule has 1 aromatic heterocycles. The molecule has 0 atom stereocenters. The first-order chi connectivity index (χ1) is 14.5. The van der Waals surface area contributed by atoms with Gasteiger partial charge in [0.15, 0.2) is 0 Å². The van der Waals surface area contributed by atoms with E-state index in [1.165, 1.54) is 0 Å². The highest BCUT2D eigenvalue weighted by molar-refractivity contribution is 6.08. The second-order valence-electron chi connectivity index (χ2n) is 6.97. The number of nitrogens with one attached hydrogen (secondary N) is 1. The molecule has 0 fully saturated rings.